The average molecular weight is 354 g/mol. The summed E-state index contributed by atoms with van der Waals surface area (Å²) >= 11 is 2.04. The Bertz CT molecular complexity index is 488. The van der Waals surface area contributed by atoms with Gasteiger partial charge in [0, 0.05) is 56.3 Å². The van der Waals surface area contributed by atoms with E-state index in [1.165, 1.54) is 0 Å². The lowest BCUT2D eigenvalue weighted by atomic mass is 10.2. The fourth-order valence-electron chi connectivity index (χ4n) is 2.71. The van der Waals surface area contributed by atoms with Gasteiger partial charge in [0.05, 0.1) is 6.26 Å². The van der Waals surface area contributed by atoms with E-state index in [1.54, 1.807) is 6.26 Å². The molecule has 1 aromatic rings. The summed E-state index contributed by atoms with van der Waals surface area (Å²) in [7, 11) is 0. The van der Waals surface area contributed by atoms with Gasteiger partial charge in [-0.15, -0.1) is 0 Å². The molecule has 0 amide bonds. The normalized spacial score (nSPS) is 18.0. The van der Waals surface area contributed by atoms with Gasteiger partial charge >= 0.3 is 0 Å². The first-order valence-electron chi connectivity index (χ1n) is 8.88. The van der Waals surface area contributed by atoms with Crippen molar-refractivity contribution in [1.82, 2.24) is 10.2 Å². The van der Waals surface area contributed by atoms with E-state index < -0.39 is 0 Å². The van der Waals surface area contributed by atoms with Crippen molar-refractivity contribution in [2.24, 2.45) is 4.99 Å². The molecule has 1 N–H and O–H groups in total. The Morgan fingerprint density at radius 3 is 3.08 bits per heavy atom. The van der Waals surface area contributed by atoms with Crippen LogP contribution in [0.5, 0.6) is 0 Å². The van der Waals surface area contributed by atoms with Crippen molar-refractivity contribution < 1.29 is 9.15 Å². The lowest BCUT2D eigenvalue weighted by Crippen LogP contribution is -2.51. The molecular formula is C18H31N3O2S. The fourth-order valence-corrected chi connectivity index (χ4v) is 3.82. The van der Waals surface area contributed by atoms with E-state index in [2.05, 4.69) is 24.1 Å². The molecule has 0 aromatic carbocycles. The molecule has 0 spiro atoms. The van der Waals surface area contributed by atoms with Gasteiger partial charge in [-0.25, -0.2) is 0 Å². The minimum Gasteiger partial charge on any atom is -0.469 e. The fraction of sp³-hybridized carbons (Fsp3) is 0.722. The third kappa shape index (κ3) is 6.77. The topological polar surface area (TPSA) is 50.0 Å². The monoisotopic (exact) mass is 353 g/mol. The number of ether oxygens (including phenoxy) is 1. The van der Waals surface area contributed by atoms with Crippen LogP contribution in [0.15, 0.2) is 27.8 Å². The Kier molecular flexibility index (Phi) is 7.99. The number of rotatable bonds is 8. The van der Waals surface area contributed by atoms with Crippen molar-refractivity contribution in [1.29, 1.82) is 0 Å². The maximum Gasteiger partial charge on any atom is 0.194 e. The number of hydrogen-bond acceptors (Lipinski definition) is 4. The molecule has 1 fully saturated rings. The van der Waals surface area contributed by atoms with Gasteiger partial charge in [-0.05, 0) is 39.3 Å². The van der Waals surface area contributed by atoms with Crippen LogP contribution in [-0.2, 0) is 11.2 Å². The molecule has 136 valence electrons. The molecule has 1 aliphatic heterocycles. The Balaban J connectivity index is 1.88. The van der Waals surface area contributed by atoms with Crippen LogP contribution in [0.4, 0.5) is 0 Å². The number of hydrogen-bond donors (Lipinski definition) is 1. The third-order valence-corrected chi connectivity index (χ3v) is 5.17. The summed E-state index contributed by atoms with van der Waals surface area (Å²) in [6, 6.07) is 3.95. The average Bonchev–Trinajstić information content (AvgIpc) is 3.05. The maximum atomic E-state index is 5.41. The summed E-state index contributed by atoms with van der Waals surface area (Å²) in [6.45, 7) is 11.9. The smallest absolute Gasteiger partial charge is 0.194 e. The lowest BCUT2D eigenvalue weighted by Gasteiger charge is -2.39. The Morgan fingerprint density at radius 1 is 1.50 bits per heavy atom. The first-order chi connectivity index (χ1) is 11.6. The standard InChI is InChI=1S/C18H31N3O2S/c1-4-22-12-6-9-19-17(20-10-8-16-7-5-13-23-16)21-11-14-24-18(2,3)15-21/h5,7,13H,4,6,8-12,14-15H2,1-3H3,(H,19,20). The van der Waals surface area contributed by atoms with Gasteiger partial charge in [-0.1, -0.05) is 0 Å². The van der Waals surface area contributed by atoms with Gasteiger partial charge in [0.15, 0.2) is 5.96 Å². The molecule has 1 aliphatic rings. The minimum absolute atomic E-state index is 0.271. The summed E-state index contributed by atoms with van der Waals surface area (Å²) in [5, 5.41) is 3.52. The van der Waals surface area contributed by atoms with Gasteiger partial charge in [0.1, 0.15) is 5.76 Å². The summed E-state index contributed by atoms with van der Waals surface area (Å²) in [5.41, 5.74) is 0. The molecule has 24 heavy (non-hydrogen) atoms. The predicted molar refractivity (Wildman–Crippen MR) is 102 cm³/mol. The first kappa shape index (κ1) is 19.2. The van der Waals surface area contributed by atoms with Crippen molar-refractivity contribution in [3.8, 4) is 0 Å². The molecule has 0 bridgehead atoms. The molecule has 6 heteroatoms. The van der Waals surface area contributed by atoms with Crippen LogP contribution in [-0.4, -0.2) is 60.8 Å². The van der Waals surface area contributed by atoms with Crippen LogP contribution in [0, 0.1) is 0 Å². The number of nitrogens with zero attached hydrogens (tertiary/aromatic N) is 2. The zero-order chi connectivity index (χ0) is 17.3. The number of guanidine groups is 1. The first-order valence-corrected chi connectivity index (χ1v) is 9.86. The van der Waals surface area contributed by atoms with E-state index in [0.717, 1.165) is 69.7 Å². The van der Waals surface area contributed by atoms with Gasteiger partial charge in [-0.2, -0.15) is 11.8 Å². The van der Waals surface area contributed by atoms with Crippen molar-refractivity contribution in [3.63, 3.8) is 0 Å². The van der Waals surface area contributed by atoms with E-state index in [1.807, 2.05) is 30.8 Å². The number of thioether (sulfide) groups is 1. The Labute approximate surface area is 150 Å². The zero-order valence-electron chi connectivity index (χ0n) is 15.2. The Morgan fingerprint density at radius 2 is 2.38 bits per heavy atom. The van der Waals surface area contributed by atoms with Crippen molar-refractivity contribution in [2.75, 3.05) is 45.1 Å². The largest absolute Gasteiger partial charge is 0.469 e. The van der Waals surface area contributed by atoms with Crippen LogP contribution in [0.2, 0.25) is 0 Å². The number of furan rings is 1. The van der Waals surface area contributed by atoms with E-state index in [4.69, 9.17) is 14.1 Å². The molecule has 0 saturated carbocycles. The molecule has 0 atom stereocenters. The maximum absolute atomic E-state index is 5.41. The predicted octanol–water partition coefficient (Wildman–Crippen LogP) is 3.02. The van der Waals surface area contributed by atoms with Crippen molar-refractivity contribution in [3.05, 3.63) is 24.2 Å². The summed E-state index contributed by atoms with van der Waals surface area (Å²) in [6.07, 6.45) is 3.56. The highest BCUT2D eigenvalue weighted by Crippen LogP contribution is 2.29. The van der Waals surface area contributed by atoms with E-state index >= 15 is 0 Å². The number of aliphatic imine (C=N–C) groups is 1. The molecule has 1 aromatic heterocycles. The van der Waals surface area contributed by atoms with E-state index in [-0.39, 0.29) is 4.75 Å². The molecule has 1 saturated heterocycles. The highest BCUT2D eigenvalue weighted by molar-refractivity contribution is 8.00. The molecule has 2 heterocycles. The highest BCUT2D eigenvalue weighted by Gasteiger charge is 2.28. The van der Waals surface area contributed by atoms with E-state index in [0.29, 0.717) is 0 Å². The summed E-state index contributed by atoms with van der Waals surface area (Å²) in [4.78, 5) is 7.20. The molecule has 0 unspecified atom stereocenters. The zero-order valence-corrected chi connectivity index (χ0v) is 16.0. The van der Waals surface area contributed by atoms with Gasteiger partial charge < -0.3 is 19.4 Å². The highest BCUT2D eigenvalue weighted by atomic mass is 32.2. The molecule has 0 radical (unpaired) electrons. The van der Waals surface area contributed by atoms with Gasteiger partial charge in [0.25, 0.3) is 0 Å². The number of nitrogens with one attached hydrogen (secondary N) is 1. The minimum atomic E-state index is 0.271. The van der Waals surface area contributed by atoms with Crippen molar-refractivity contribution >= 4 is 17.7 Å². The second-order valence-corrected chi connectivity index (χ2v) is 8.34. The lowest BCUT2D eigenvalue weighted by molar-refractivity contribution is 0.146. The second-order valence-electron chi connectivity index (χ2n) is 6.54. The van der Waals surface area contributed by atoms with Crippen LogP contribution in [0.25, 0.3) is 0 Å². The van der Waals surface area contributed by atoms with Crippen LogP contribution in [0.3, 0.4) is 0 Å². The quantitative estimate of drug-likeness (QED) is 0.442. The van der Waals surface area contributed by atoms with Gasteiger partial charge in [-0.3, -0.25) is 4.99 Å². The molecule has 0 aliphatic carbocycles. The van der Waals surface area contributed by atoms with E-state index in [9.17, 15) is 0 Å². The van der Waals surface area contributed by atoms with Crippen LogP contribution >= 0.6 is 11.8 Å². The van der Waals surface area contributed by atoms with Crippen LogP contribution in [0.1, 0.15) is 33.0 Å². The summed E-state index contributed by atoms with van der Waals surface area (Å²) in [5.74, 6) is 3.17. The van der Waals surface area contributed by atoms with Gasteiger partial charge in [0.2, 0.25) is 0 Å². The van der Waals surface area contributed by atoms with Crippen molar-refractivity contribution in [2.45, 2.75) is 38.4 Å². The Hall–Kier alpha value is -1.14. The molecular weight excluding hydrogens is 322 g/mol. The molecule has 2 rings (SSSR count). The molecule has 5 nitrogen and oxygen atoms in total. The summed E-state index contributed by atoms with van der Waals surface area (Å²) < 4.78 is 11.1. The second kappa shape index (κ2) is 9.99. The third-order valence-electron chi connectivity index (χ3n) is 3.87. The SMILES string of the molecule is CCOCCCN=C(NCCc1ccco1)N1CCSC(C)(C)C1. The van der Waals surface area contributed by atoms with Crippen LogP contribution < -0.4 is 5.32 Å².